The first kappa shape index (κ1) is 13.8. The molecule has 0 unspecified atom stereocenters. The Labute approximate surface area is 116 Å². The van der Waals surface area contributed by atoms with Crippen LogP contribution < -0.4 is 4.57 Å². The zero-order chi connectivity index (χ0) is 13.8. The Bertz CT molecular complexity index is 500. The molecule has 1 nitrogen and oxygen atoms in total. The number of aromatic nitrogens is 1. The normalized spacial score (nSPS) is 11.3. The highest BCUT2D eigenvalue weighted by molar-refractivity contribution is 5.21. The molecular weight excluding hydrogens is 230 g/mol. The standard InChI is InChI=1S/C18H24N/c1-14(2)17-10-18(15(3)4)13-19(12-17)11-16-8-6-5-7-9-16/h5-10,12-15H,11H2,1-4H3/q+1. The lowest BCUT2D eigenvalue weighted by atomic mass is 9.98. The van der Waals surface area contributed by atoms with E-state index in [-0.39, 0.29) is 0 Å². The molecule has 1 aromatic heterocycles. The molecule has 0 aliphatic rings. The van der Waals surface area contributed by atoms with Crippen LogP contribution in [0.5, 0.6) is 0 Å². The second-order valence-electron chi connectivity index (χ2n) is 5.87. The molecule has 100 valence electrons. The molecule has 1 heteroatoms. The van der Waals surface area contributed by atoms with Gasteiger partial charge in [-0.3, -0.25) is 0 Å². The molecule has 0 aliphatic carbocycles. The van der Waals surface area contributed by atoms with Crippen molar-refractivity contribution in [3.63, 3.8) is 0 Å². The maximum Gasteiger partial charge on any atom is 0.173 e. The molecule has 1 aromatic carbocycles. The third-order valence-electron chi connectivity index (χ3n) is 3.50. The molecule has 0 saturated heterocycles. The van der Waals surface area contributed by atoms with E-state index in [1.54, 1.807) is 0 Å². The first-order chi connectivity index (χ1) is 9.06. The van der Waals surface area contributed by atoms with Gasteiger partial charge in [-0.25, -0.2) is 4.57 Å². The minimum atomic E-state index is 0.570. The van der Waals surface area contributed by atoms with Crippen molar-refractivity contribution in [2.24, 2.45) is 0 Å². The largest absolute Gasteiger partial charge is 0.200 e. The lowest BCUT2D eigenvalue weighted by Gasteiger charge is -2.10. The van der Waals surface area contributed by atoms with Crippen LogP contribution in [-0.2, 0) is 6.54 Å². The van der Waals surface area contributed by atoms with Crippen LogP contribution in [0.2, 0.25) is 0 Å². The van der Waals surface area contributed by atoms with Gasteiger partial charge >= 0.3 is 0 Å². The Hall–Kier alpha value is -1.63. The van der Waals surface area contributed by atoms with E-state index >= 15 is 0 Å². The number of pyridine rings is 1. The van der Waals surface area contributed by atoms with Gasteiger partial charge in [-0.05, 0) is 17.9 Å². The van der Waals surface area contributed by atoms with Gasteiger partial charge in [0.15, 0.2) is 18.9 Å². The monoisotopic (exact) mass is 254 g/mol. The predicted molar refractivity (Wildman–Crippen MR) is 80.4 cm³/mol. The topological polar surface area (TPSA) is 3.88 Å². The Balaban J connectivity index is 2.34. The molecule has 0 radical (unpaired) electrons. The van der Waals surface area contributed by atoms with Crippen LogP contribution in [0.4, 0.5) is 0 Å². The van der Waals surface area contributed by atoms with E-state index in [2.05, 4.69) is 81.1 Å². The number of benzene rings is 1. The van der Waals surface area contributed by atoms with Gasteiger partial charge in [-0.15, -0.1) is 0 Å². The molecule has 19 heavy (non-hydrogen) atoms. The summed E-state index contributed by atoms with van der Waals surface area (Å²) in [4.78, 5) is 0. The van der Waals surface area contributed by atoms with E-state index in [0.717, 1.165) is 6.54 Å². The van der Waals surface area contributed by atoms with Crippen molar-refractivity contribution in [2.45, 2.75) is 46.1 Å². The highest BCUT2D eigenvalue weighted by atomic mass is 14.9. The minimum absolute atomic E-state index is 0.570. The fourth-order valence-corrected chi connectivity index (χ4v) is 2.20. The summed E-state index contributed by atoms with van der Waals surface area (Å²) in [5.41, 5.74) is 4.19. The SMILES string of the molecule is CC(C)c1cc(C(C)C)c[n+](Cc2ccccc2)c1. The van der Waals surface area contributed by atoms with E-state index in [1.165, 1.54) is 16.7 Å². The molecule has 2 aromatic rings. The molecular formula is C18H24N+. The van der Waals surface area contributed by atoms with E-state index in [4.69, 9.17) is 0 Å². The van der Waals surface area contributed by atoms with Crippen molar-refractivity contribution in [1.82, 2.24) is 0 Å². The van der Waals surface area contributed by atoms with Crippen LogP contribution in [0.3, 0.4) is 0 Å². The molecule has 2 rings (SSSR count). The first-order valence-electron chi connectivity index (χ1n) is 7.14. The zero-order valence-electron chi connectivity index (χ0n) is 12.4. The Morgan fingerprint density at radius 3 is 1.84 bits per heavy atom. The predicted octanol–water partition coefficient (Wildman–Crippen LogP) is 4.27. The summed E-state index contributed by atoms with van der Waals surface area (Å²) >= 11 is 0. The van der Waals surface area contributed by atoms with E-state index in [9.17, 15) is 0 Å². The Morgan fingerprint density at radius 1 is 0.842 bits per heavy atom. The maximum absolute atomic E-state index is 2.34. The number of nitrogens with zero attached hydrogens (tertiary/aromatic N) is 1. The summed E-state index contributed by atoms with van der Waals surface area (Å²) in [5, 5.41) is 0. The van der Waals surface area contributed by atoms with Crippen LogP contribution in [-0.4, -0.2) is 0 Å². The van der Waals surface area contributed by atoms with Crippen molar-refractivity contribution in [3.8, 4) is 0 Å². The van der Waals surface area contributed by atoms with Gasteiger partial charge in [-0.1, -0.05) is 58.0 Å². The first-order valence-corrected chi connectivity index (χ1v) is 7.14. The smallest absolute Gasteiger partial charge is 0.173 e. The fourth-order valence-electron chi connectivity index (χ4n) is 2.20. The van der Waals surface area contributed by atoms with Gasteiger partial charge in [0, 0.05) is 16.7 Å². The summed E-state index contributed by atoms with van der Waals surface area (Å²) in [6.45, 7) is 9.97. The minimum Gasteiger partial charge on any atom is -0.200 e. The third kappa shape index (κ3) is 3.66. The quantitative estimate of drug-likeness (QED) is 0.717. The van der Waals surface area contributed by atoms with Crippen LogP contribution in [0.15, 0.2) is 48.8 Å². The van der Waals surface area contributed by atoms with Crippen molar-refractivity contribution < 1.29 is 4.57 Å². The molecule has 0 bridgehead atoms. The van der Waals surface area contributed by atoms with Crippen molar-refractivity contribution in [2.75, 3.05) is 0 Å². The van der Waals surface area contributed by atoms with Gasteiger partial charge in [-0.2, -0.15) is 0 Å². The number of hydrogen-bond donors (Lipinski definition) is 0. The van der Waals surface area contributed by atoms with E-state index in [1.807, 2.05) is 0 Å². The Kier molecular flexibility index (Phi) is 4.36. The number of rotatable bonds is 4. The van der Waals surface area contributed by atoms with Gasteiger partial charge in [0.2, 0.25) is 0 Å². The third-order valence-corrected chi connectivity index (χ3v) is 3.50. The highest BCUT2D eigenvalue weighted by Crippen LogP contribution is 2.19. The average molecular weight is 254 g/mol. The second-order valence-corrected chi connectivity index (χ2v) is 5.87. The molecule has 0 fully saturated rings. The van der Waals surface area contributed by atoms with Gasteiger partial charge in [0.1, 0.15) is 0 Å². The average Bonchev–Trinajstić information content (AvgIpc) is 2.39. The molecule has 0 atom stereocenters. The van der Waals surface area contributed by atoms with E-state index in [0.29, 0.717) is 11.8 Å². The summed E-state index contributed by atoms with van der Waals surface area (Å²) in [6.07, 6.45) is 4.56. The summed E-state index contributed by atoms with van der Waals surface area (Å²) in [6, 6.07) is 13.0. The Morgan fingerprint density at radius 2 is 1.37 bits per heavy atom. The van der Waals surface area contributed by atoms with Gasteiger partial charge < -0.3 is 0 Å². The summed E-state index contributed by atoms with van der Waals surface area (Å²) in [5.74, 6) is 1.14. The molecule has 0 aliphatic heterocycles. The summed E-state index contributed by atoms with van der Waals surface area (Å²) < 4.78 is 2.32. The fraction of sp³-hybridized carbons (Fsp3) is 0.389. The van der Waals surface area contributed by atoms with E-state index < -0.39 is 0 Å². The summed E-state index contributed by atoms with van der Waals surface area (Å²) in [7, 11) is 0. The lowest BCUT2D eigenvalue weighted by molar-refractivity contribution is -0.689. The molecule has 1 heterocycles. The van der Waals surface area contributed by atoms with Crippen LogP contribution in [0.1, 0.15) is 56.2 Å². The molecule has 0 spiro atoms. The zero-order valence-corrected chi connectivity index (χ0v) is 12.4. The van der Waals surface area contributed by atoms with Gasteiger partial charge in [0.05, 0.1) is 0 Å². The van der Waals surface area contributed by atoms with Crippen molar-refractivity contribution in [1.29, 1.82) is 0 Å². The molecule has 0 N–H and O–H groups in total. The highest BCUT2D eigenvalue weighted by Gasteiger charge is 2.12. The number of hydrogen-bond acceptors (Lipinski definition) is 0. The molecule has 0 amide bonds. The van der Waals surface area contributed by atoms with Crippen molar-refractivity contribution >= 4 is 0 Å². The molecule has 0 saturated carbocycles. The maximum atomic E-state index is 2.34. The second kappa shape index (κ2) is 6.01. The van der Waals surface area contributed by atoms with Crippen LogP contribution in [0.25, 0.3) is 0 Å². The lowest BCUT2D eigenvalue weighted by Crippen LogP contribution is -2.35. The van der Waals surface area contributed by atoms with Crippen LogP contribution >= 0.6 is 0 Å². The van der Waals surface area contributed by atoms with Crippen molar-refractivity contribution in [3.05, 3.63) is 65.5 Å². The van der Waals surface area contributed by atoms with Crippen LogP contribution in [0, 0.1) is 0 Å². The van der Waals surface area contributed by atoms with Gasteiger partial charge in [0.25, 0.3) is 0 Å².